The van der Waals surface area contributed by atoms with Crippen LogP contribution in [0.15, 0.2) is 36.7 Å². The molecule has 128 valence electrons. The van der Waals surface area contributed by atoms with Crippen LogP contribution < -0.4 is 0 Å². The maximum atomic E-state index is 13.9. The maximum absolute atomic E-state index is 13.9. The van der Waals surface area contributed by atoms with Gasteiger partial charge in [0, 0.05) is 18.8 Å². The van der Waals surface area contributed by atoms with Gasteiger partial charge in [-0.05, 0) is 24.6 Å². The van der Waals surface area contributed by atoms with Crippen LogP contribution in [-0.4, -0.2) is 14.5 Å². The molecule has 0 bridgehead atoms. The first-order valence-corrected chi connectivity index (χ1v) is 8.42. The molecule has 25 heavy (non-hydrogen) atoms. The smallest absolute Gasteiger partial charge is 0.169 e. The summed E-state index contributed by atoms with van der Waals surface area (Å²) in [6.45, 7) is 2.74. The molecular formula is C20H19F2N3. The van der Waals surface area contributed by atoms with Crippen molar-refractivity contribution in [2.45, 2.75) is 39.2 Å². The molecule has 3 nitrogen and oxygen atoms in total. The number of hydrogen-bond donors (Lipinski definition) is 0. The zero-order valence-electron chi connectivity index (χ0n) is 14.1. The van der Waals surface area contributed by atoms with Crippen LogP contribution in [0, 0.1) is 23.5 Å². The SMILES string of the molecule is CCCCCC#CCn1ccc2nc(-c3cccc(F)c3F)nc-2c1. The van der Waals surface area contributed by atoms with Gasteiger partial charge in [-0.15, -0.1) is 5.92 Å². The lowest BCUT2D eigenvalue weighted by Gasteiger charge is -2.02. The van der Waals surface area contributed by atoms with E-state index in [4.69, 9.17) is 0 Å². The topological polar surface area (TPSA) is 30.7 Å². The highest BCUT2D eigenvalue weighted by Crippen LogP contribution is 2.27. The second kappa shape index (κ2) is 7.89. The Kier molecular flexibility index (Phi) is 5.39. The molecule has 0 saturated carbocycles. The van der Waals surface area contributed by atoms with Crippen LogP contribution in [0.4, 0.5) is 8.78 Å². The fourth-order valence-corrected chi connectivity index (χ4v) is 2.55. The molecule has 0 aliphatic carbocycles. The van der Waals surface area contributed by atoms with E-state index in [2.05, 4.69) is 28.7 Å². The molecule has 0 unspecified atom stereocenters. The van der Waals surface area contributed by atoms with Crippen molar-refractivity contribution in [3.8, 4) is 34.6 Å². The van der Waals surface area contributed by atoms with Crippen molar-refractivity contribution in [1.82, 2.24) is 14.5 Å². The third-order valence-corrected chi connectivity index (χ3v) is 3.91. The number of benzene rings is 1. The van der Waals surface area contributed by atoms with Crippen molar-refractivity contribution in [2.24, 2.45) is 0 Å². The van der Waals surface area contributed by atoms with E-state index in [9.17, 15) is 8.78 Å². The van der Waals surface area contributed by atoms with Crippen LogP contribution in [0.25, 0.3) is 22.8 Å². The Balaban J connectivity index is 1.78. The third-order valence-electron chi connectivity index (χ3n) is 3.91. The summed E-state index contributed by atoms with van der Waals surface area (Å²) < 4.78 is 29.2. The number of aromatic nitrogens is 3. The van der Waals surface area contributed by atoms with E-state index in [1.807, 2.05) is 23.0 Å². The van der Waals surface area contributed by atoms with E-state index in [0.29, 0.717) is 17.9 Å². The van der Waals surface area contributed by atoms with Gasteiger partial charge in [-0.25, -0.2) is 18.7 Å². The molecule has 2 heterocycles. The Hall–Kier alpha value is -2.74. The van der Waals surface area contributed by atoms with Crippen molar-refractivity contribution in [3.63, 3.8) is 0 Å². The quantitative estimate of drug-likeness (QED) is 0.488. The van der Waals surface area contributed by atoms with Crippen molar-refractivity contribution in [2.75, 3.05) is 0 Å². The average Bonchev–Trinajstić information content (AvgIpc) is 3.03. The minimum Gasteiger partial charge on any atom is -0.341 e. The van der Waals surface area contributed by atoms with E-state index < -0.39 is 11.6 Å². The molecule has 0 atom stereocenters. The zero-order chi connectivity index (χ0) is 17.6. The summed E-state index contributed by atoms with van der Waals surface area (Å²) in [7, 11) is 0. The second-order valence-electron chi connectivity index (χ2n) is 5.85. The number of halogens is 2. The van der Waals surface area contributed by atoms with Crippen LogP contribution in [0.5, 0.6) is 0 Å². The van der Waals surface area contributed by atoms with Crippen LogP contribution in [0.2, 0.25) is 0 Å². The summed E-state index contributed by atoms with van der Waals surface area (Å²) in [4.78, 5) is 8.62. The summed E-state index contributed by atoms with van der Waals surface area (Å²) in [6, 6.07) is 5.81. The summed E-state index contributed by atoms with van der Waals surface area (Å²) in [5.74, 6) is 4.66. The Bertz CT molecular complexity index is 890. The third kappa shape index (κ3) is 4.03. The summed E-state index contributed by atoms with van der Waals surface area (Å²) >= 11 is 0. The Morgan fingerprint density at radius 2 is 1.88 bits per heavy atom. The zero-order valence-corrected chi connectivity index (χ0v) is 14.1. The van der Waals surface area contributed by atoms with Gasteiger partial charge in [0.15, 0.2) is 17.5 Å². The number of nitrogens with zero attached hydrogens (tertiary/aromatic N) is 3. The molecule has 2 aliphatic rings. The van der Waals surface area contributed by atoms with Crippen LogP contribution in [-0.2, 0) is 6.54 Å². The van der Waals surface area contributed by atoms with Gasteiger partial charge in [0.25, 0.3) is 0 Å². The molecule has 0 radical (unpaired) electrons. The molecule has 0 saturated heterocycles. The van der Waals surface area contributed by atoms with Crippen molar-refractivity contribution in [3.05, 3.63) is 48.3 Å². The maximum Gasteiger partial charge on any atom is 0.169 e. The fraction of sp³-hybridized carbons (Fsp3) is 0.300. The van der Waals surface area contributed by atoms with Crippen molar-refractivity contribution >= 4 is 0 Å². The van der Waals surface area contributed by atoms with Gasteiger partial charge in [0.2, 0.25) is 0 Å². The summed E-state index contributed by atoms with van der Waals surface area (Å²) in [5, 5.41) is 0. The van der Waals surface area contributed by atoms with Gasteiger partial charge in [-0.2, -0.15) is 0 Å². The molecule has 1 aromatic rings. The van der Waals surface area contributed by atoms with E-state index in [1.165, 1.54) is 25.0 Å². The monoisotopic (exact) mass is 339 g/mol. The van der Waals surface area contributed by atoms with Crippen LogP contribution in [0.1, 0.15) is 32.6 Å². The molecule has 2 aliphatic heterocycles. The summed E-state index contributed by atoms with van der Waals surface area (Å²) in [5.41, 5.74) is 1.35. The number of unbranched alkanes of at least 4 members (excludes halogenated alkanes) is 3. The van der Waals surface area contributed by atoms with Gasteiger partial charge < -0.3 is 4.57 Å². The number of rotatable bonds is 5. The lowest BCUT2D eigenvalue weighted by molar-refractivity contribution is 0.510. The lowest BCUT2D eigenvalue weighted by atomic mass is 10.2. The molecule has 0 spiro atoms. The van der Waals surface area contributed by atoms with E-state index in [0.717, 1.165) is 18.9 Å². The predicted octanol–water partition coefficient (Wildman–Crippen LogP) is 4.91. The molecule has 0 aromatic heterocycles. The second-order valence-corrected chi connectivity index (χ2v) is 5.85. The van der Waals surface area contributed by atoms with Crippen molar-refractivity contribution < 1.29 is 8.78 Å². The Morgan fingerprint density at radius 1 is 1.04 bits per heavy atom. The van der Waals surface area contributed by atoms with E-state index in [-0.39, 0.29) is 11.4 Å². The minimum atomic E-state index is -0.927. The first kappa shape index (κ1) is 17.1. The van der Waals surface area contributed by atoms with Gasteiger partial charge in [0.05, 0.1) is 17.8 Å². The highest BCUT2D eigenvalue weighted by molar-refractivity contribution is 5.66. The normalized spacial score (nSPS) is 10.7. The van der Waals surface area contributed by atoms with E-state index in [1.54, 1.807) is 0 Å². The molecule has 3 rings (SSSR count). The summed E-state index contributed by atoms with van der Waals surface area (Å²) in [6.07, 6.45) is 8.13. The largest absolute Gasteiger partial charge is 0.341 e. The first-order valence-electron chi connectivity index (χ1n) is 8.42. The molecule has 5 heteroatoms. The fourth-order valence-electron chi connectivity index (χ4n) is 2.55. The molecule has 1 aromatic carbocycles. The van der Waals surface area contributed by atoms with Crippen molar-refractivity contribution in [1.29, 1.82) is 0 Å². The first-order chi connectivity index (χ1) is 12.2. The number of fused-ring (bicyclic) bond motifs is 1. The van der Waals surface area contributed by atoms with Gasteiger partial charge in [-0.1, -0.05) is 31.8 Å². The Morgan fingerprint density at radius 3 is 2.72 bits per heavy atom. The standard InChI is InChI=1S/C20H19F2N3/c1-2-3-4-5-6-7-12-25-13-11-17-18(14-25)24-20(23-17)15-9-8-10-16(21)19(15)22/h8-11,13-14H,2-5,12H2,1H3. The highest BCUT2D eigenvalue weighted by atomic mass is 19.2. The van der Waals surface area contributed by atoms with Crippen LogP contribution in [0.3, 0.4) is 0 Å². The van der Waals surface area contributed by atoms with Crippen LogP contribution >= 0.6 is 0 Å². The molecule has 0 fully saturated rings. The van der Waals surface area contributed by atoms with Gasteiger partial charge in [-0.3, -0.25) is 0 Å². The highest BCUT2D eigenvalue weighted by Gasteiger charge is 2.17. The number of imidazole rings is 1. The number of hydrogen-bond acceptors (Lipinski definition) is 2. The molecule has 0 N–H and O–H groups in total. The number of pyridine rings is 1. The molecular weight excluding hydrogens is 320 g/mol. The van der Waals surface area contributed by atoms with Gasteiger partial charge in [0.1, 0.15) is 5.69 Å². The Labute approximate surface area is 146 Å². The average molecular weight is 339 g/mol. The van der Waals surface area contributed by atoms with E-state index >= 15 is 0 Å². The predicted molar refractivity (Wildman–Crippen MR) is 93.9 cm³/mol. The minimum absolute atomic E-state index is 0.0680. The lowest BCUT2D eigenvalue weighted by Crippen LogP contribution is -1.97. The molecule has 0 amide bonds. The van der Waals surface area contributed by atoms with Gasteiger partial charge >= 0.3 is 0 Å².